The van der Waals surface area contributed by atoms with E-state index in [9.17, 15) is 24.3 Å². The summed E-state index contributed by atoms with van der Waals surface area (Å²) in [6, 6.07) is 0. The summed E-state index contributed by atoms with van der Waals surface area (Å²) >= 11 is 0. The molecule has 0 aromatic heterocycles. The highest BCUT2D eigenvalue weighted by molar-refractivity contribution is 6.42. The van der Waals surface area contributed by atoms with Crippen LogP contribution in [0, 0.1) is 16.7 Å². The van der Waals surface area contributed by atoms with E-state index in [4.69, 9.17) is 0 Å². The maximum absolute atomic E-state index is 13.7. The average molecular weight is 647 g/mol. The molecule has 0 spiro atoms. The topological polar surface area (TPSA) is 88.5 Å². The smallest absolute Gasteiger partial charge is 0.314 e. The molecular formula is C41H74O5. The van der Waals surface area contributed by atoms with Crippen LogP contribution >= 0.6 is 0 Å². The molecule has 268 valence electrons. The van der Waals surface area contributed by atoms with E-state index in [0.29, 0.717) is 12.8 Å². The van der Waals surface area contributed by atoms with Crippen molar-refractivity contribution in [2.24, 2.45) is 16.7 Å². The molecule has 1 aliphatic carbocycles. The SMILES string of the molecule is CCCCCCCCCCCCCCCCC(C(=O)O)C(=O)C1(CCCCCCCCCCCCCCCC)C(=O)C(C)(C)C1=O. The highest BCUT2D eigenvalue weighted by atomic mass is 16.4. The maximum atomic E-state index is 13.7. The van der Waals surface area contributed by atoms with Crippen LogP contribution < -0.4 is 0 Å². The second kappa shape index (κ2) is 25.5. The largest absolute Gasteiger partial charge is 0.481 e. The molecule has 5 nitrogen and oxygen atoms in total. The predicted molar refractivity (Wildman–Crippen MR) is 192 cm³/mol. The van der Waals surface area contributed by atoms with Crippen molar-refractivity contribution in [2.75, 3.05) is 0 Å². The van der Waals surface area contributed by atoms with E-state index >= 15 is 0 Å². The quantitative estimate of drug-likeness (QED) is 0.0566. The Balaban J connectivity index is 2.36. The first-order valence-electron chi connectivity index (χ1n) is 20.0. The minimum atomic E-state index is -1.74. The van der Waals surface area contributed by atoms with Crippen molar-refractivity contribution in [3.05, 3.63) is 0 Å². The molecule has 0 amide bonds. The maximum Gasteiger partial charge on any atom is 0.314 e. The van der Waals surface area contributed by atoms with E-state index in [0.717, 1.165) is 38.5 Å². The summed E-state index contributed by atoms with van der Waals surface area (Å²) in [5.41, 5.74) is -2.93. The van der Waals surface area contributed by atoms with Gasteiger partial charge in [0.25, 0.3) is 0 Å². The Morgan fingerprint density at radius 1 is 0.500 bits per heavy atom. The second-order valence-corrected chi connectivity index (χ2v) is 15.2. The molecule has 1 saturated carbocycles. The van der Waals surface area contributed by atoms with Crippen LogP contribution in [-0.4, -0.2) is 28.4 Å². The fraction of sp³-hybridized carbons (Fsp3) is 0.902. The average Bonchev–Trinajstić information content (AvgIpc) is 3.04. The molecule has 5 heteroatoms. The summed E-state index contributed by atoms with van der Waals surface area (Å²) in [5.74, 6) is -3.83. The monoisotopic (exact) mass is 647 g/mol. The molecule has 0 aromatic rings. The summed E-state index contributed by atoms with van der Waals surface area (Å²) < 4.78 is 0. The number of unbranched alkanes of at least 4 members (excludes halogenated alkanes) is 26. The standard InChI is InChI=1S/C41H74O5/c1-5-7-9-11-13-15-17-19-21-23-25-27-29-31-33-35(37(43)44)36(42)41(38(45)40(3,4)39(41)46)34-32-30-28-26-24-22-20-18-16-14-12-10-8-6-2/h35H,5-34H2,1-4H3,(H,43,44). The van der Waals surface area contributed by atoms with Gasteiger partial charge in [0, 0.05) is 0 Å². The van der Waals surface area contributed by atoms with Crippen LogP contribution in [0.4, 0.5) is 0 Å². The lowest BCUT2D eigenvalue weighted by molar-refractivity contribution is -0.175. The molecule has 0 heterocycles. The van der Waals surface area contributed by atoms with E-state index in [2.05, 4.69) is 13.8 Å². The van der Waals surface area contributed by atoms with Crippen molar-refractivity contribution >= 4 is 23.3 Å². The highest BCUT2D eigenvalue weighted by Crippen LogP contribution is 2.52. The van der Waals surface area contributed by atoms with Crippen molar-refractivity contribution in [3.63, 3.8) is 0 Å². The zero-order valence-corrected chi connectivity index (χ0v) is 30.9. The molecule has 0 aromatic carbocycles. The van der Waals surface area contributed by atoms with Crippen LogP contribution in [0.5, 0.6) is 0 Å². The number of hydrogen-bond acceptors (Lipinski definition) is 4. The summed E-state index contributed by atoms with van der Waals surface area (Å²) in [7, 11) is 0. The van der Waals surface area contributed by atoms with Crippen LogP contribution in [0.2, 0.25) is 0 Å². The number of aliphatic carboxylic acids is 1. The lowest BCUT2D eigenvalue weighted by Gasteiger charge is -2.48. The second-order valence-electron chi connectivity index (χ2n) is 15.2. The third kappa shape index (κ3) is 15.1. The van der Waals surface area contributed by atoms with Crippen molar-refractivity contribution in [1.29, 1.82) is 0 Å². The molecule has 1 aliphatic rings. The molecule has 1 atom stereocenters. The number of rotatable bonds is 33. The lowest BCUT2D eigenvalue weighted by Crippen LogP contribution is -2.69. The van der Waals surface area contributed by atoms with Gasteiger partial charge in [0.1, 0.15) is 11.3 Å². The zero-order chi connectivity index (χ0) is 34.1. The molecule has 1 unspecified atom stereocenters. The Kier molecular flexibility index (Phi) is 23.6. The normalized spacial score (nSPS) is 16.0. The van der Waals surface area contributed by atoms with Gasteiger partial charge in [0.2, 0.25) is 0 Å². The Labute approximate surface area is 284 Å². The van der Waals surface area contributed by atoms with Crippen molar-refractivity contribution < 1.29 is 24.3 Å². The summed E-state index contributed by atoms with van der Waals surface area (Å²) in [5, 5.41) is 9.98. The number of hydrogen-bond donors (Lipinski definition) is 1. The van der Waals surface area contributed by atoms with E-state index in [1.165, 1.54) is 128 Å². The highest BCUT2D eigenvalue weighted by Gasteiger charge is 2.70. The van der Waals surface area contributed by atoms with Gasteiger partial charge in [-0.1, -0.05) is 194 Å². The fourth-order valence-corrected chi connectivity index (χ4v) is 7.58. The van der Waals surface area contributed by atoms with Crippen LogP contribution in [-0.2, 0) is 19.2 Å². The number of carbonyl (C=O) groups is 4. The summed E-state index contributed by atoms with van der Waals surface area (Å²) in [6.45, 7) is 7.67. The van der Waals surface area contributed by atoms with Crippen LogP contribution in [0.3, 0.4) is 0 Å². The van der Waals surface area contributed by atoms with Crippen molar-refractivity contribution in [1.82, 2.24) is 0 Å². The predicted octanol–water partition coefficient (Wildman–Crippen LogP) is 12.2. The van der Waals surface area contributed by atoms with Crippen molar-refractivity contribution in [2.45, 2.75) is 220 Å². The van der Waals surface area contributed by atoms with Gasteiger partial charge in [-0.05, 0) is 26.7 Å². The number of Topliss-reactive ketones (excluding diaryl/α,β-unsaturated/α-hetero) is 3. The number of carbonyl (C=O) groups excluding carboxylic acids is 3. The van der Waals surface area contributed by atoms with Gasteiger partial charge < -0.3 is 5.11 Å². The van der Waals surface area contributed by atoms with Gasteiger partial charge >= 0.3 is 5.97 Å². The number of carboxylic acids is 1. The third-order valence-corrected chi connectivity index (χ3v) is 10.7. The molecule has 1 fully saturated rings. The zero-order valence-electron chi connectivity index (χ0n) is 30.9. The molecule has 46 heavy (non-hydrogen) atoms. The summed E-state index contributed by atoms with van der Waals surface area (Å²) in [6.07, 6.45) is 34.0. The van der Waals surface area contributed by atoms with E-state index in [1.807, 2.05) is 0 Å². The van der Waals surface area contributed by atoms with Crippen molar-refractivity contribution in [3.8, 4) is 0 Å². The Bertz CT molecular complexity index is 826. The lowest BCUT2D eigenvalue weighted by atomic mass is 9.47. The fourth-order valence-electron chi connectivity index (χ4n) is 7.58. The minimum Gasteiger partial charge on any atom is -0.481 e. The van der Waals surface area contributed by atoms with Gasteiger partial charge in [0.05, 0.1) is 5.41 Å². The first-order chi connectivity index (χ1) is 22.2. The Morgan fingerprint density at radius 2 is 0.783 bits per heavy atom. The van der Waals surface area contributed by atoms with Crippen LogP contribution in [0.25, 0.3) is 0 Å². The first kappa shape index (κ1) is 42.5. The minimum absolute atomic E-state index is 0.174. The Morgan fingerprint density at radius 3 is 1.09 bits per heavy atom. The molecule has 1 N–H and O–H groups in total. The van der Waals surface area contributed by atoms with Crippen LogP contribution in [0.15, 0.2) is 0 Å². The van der Waals surface area contributed by atoms with Gasteiger partial charge in [-0.15, -0.1) is 0 Å². The van der Waals surface area contributed by atoms with Gasteiger partial charge in [-0.3, -0.25) is 19.2 Å². The van der Waals surface area contributed by atoms with Gasteiger partial charge in [0.15, 0.2) is 17.3 Å². The first-order valence-corrected chi connectivity index (χ1v) is 20.0. The van der Waals surface area contributed by atoms with Gasteiger partial charge in [-0.2, -0.15) is 0 Å². The van der Waals surface area contributed by atoms with Crippen LogP contribution in [0.1, 0.15) is 220 Å². The molecule has 0 saturated heterocycles. The molecule has 1 rings (SSSR count). The van der Waals surface area contributed by atoms with E-state index in [1.54, 1.807) is 13.8 Å². The molecular weight excluding hydrogens is 572 g/mol. The molecule has 0 aliphatic heterocycles. The summed E-state index contributed by atoms with van der Waals surface area (Å²) in [4.78, 5) is 52.6. The van der Waals surface area contributed by atoms with E-state index < -0.39 is 28.5 Å². The third-order valence-electron chi connectivity index (χ3n) is 10.7. The molecule has 0 bridgehead atoms. The Hall–Kier alpha value is -1.52. The van der Waals surface area contributed by atoms with E-state index in [-0.39, 0.29) is 24.4 Å². The number of ketones is 3. The van der Waals surface area contributed by atoms with Gasteiger partial charge in [-0.25, -0.2) is 0 Å². The number of carboxylic acid groups (broad SMARTS) is 1. The molecule has 0 radical (unpaired) electrons.